The van der Waals surface area contributed by atoms with E-state index in [1.807, 2.05) is 6.92 Å². The lowest BCUT2D eigenvalue weighted by atomic mass is 9.97. The second-order valence-corrected chi connectivity index (χ2v) is 7.47. The number of aliphatic hydroxyl groups excluding tert-OH is 3. The molecule has 154 valence electrons. The van der Waals surface area contributed by atoms with Gasteiger partial charge in [0, 0.05) is 6.42 Å². The summed E-state index contributed by atoms with van der Waals surface area (Å²) in [6, 6.07) is 0. The smallest absolute Gasteiger partial charge is 0.117 e. The first-order valence-electron chi connectivity index (χ1n) is 10.4. The summed E-state index contributed by atoms with van der Waals surface area (Å²) in [4.78, 5) is 5.33. The molecule has 6 nitrogen and oxygen atoms in total. The van der Waals surface area contributed by atoms with E-state index in [1.54, 1.807) is 0 Å². The number of aliphatic hydroxyl groups is 3. The summed E-state index contributed by atoms with van der Waals surface area (Å²) >= 11 is 0. The maximum absolute atomic E-state index is 9.90. The summed E-state index contributed by atoms with van der Waals surface area (Å²) in [6.45, 7) is 4.68. The molecule has 26 heavy (non-hydrogen) atoms. The van der Waals surface area contributed by atoms with Gasteiger partial charge in [0.15, 0.2) is 0 Å². The standard InChI is InChI=1S/C20H39NO5/c1-3-4-5-6-7-8-9-10-11-12-13-26-21-16(2)14-18-20(24)19(23)17(22)15-25-18/h17-20,22-24H,3-15H2,1-2H3/b21-16-/t17-,18+,19+,20+/m1/s1. The Morgan fingerprint density at radius 1 is 0.923 bits per heavy atom. The fourth-order valence-corrected chi connectivity index (χ4v) is 3.18. The second kappa shape index (κ2) is 14.4. The van der Waals surface area contributed by atoms with Gasteiger partial charge < -0.3 is 24.9 Å². The number of unbranched alkanes of at least 4 members (excludes halogenated alkanes) is 9. The van der Waals surface area contributed by atoms with Crippen molar-refractivity contribution >= 4 is 5.71 Å². The van der Waals surface area contributed by atoms with Crippen molar-refractivity contribution in [1.29, 1.82) is 0 Å². The third kappa shape index (κ3) is 9.86. The molecule has 1 fully saturated rings. The number of rotatable bonds is 14. The summed E-state index contributed by atoms with van der Waals surface area (Å²) in [5.41, 5.74) is 0.713. The fourth-order valence-electron chi connectivity index (χ4n) is 3.18. The van der Waals surface area contributed by atoms with Gasteiger partial charge in [0.25, 0.3) is 0 Å². The van der Waals surface area contributed by atoms with Gasteiger partial charge in [0.1, 0.15) is 24.9 Å². The molecule has 1 heterocycles. The Balaban J connectivity index is 1.99. The Labute approximate surface area is 158 Å². The molecule has 0 unspecified atom stereocenters. The van der Waals surface area contributed by atoms with Crippen LogP contribution in [0.15, 0.2) is 5.16 Å². The first kappa shape index (κ1) is 23.3. The van der Waals surface area contributed by atoms with E-state index in [0.29, 0.717) is 18.7 Å². The molecule has 0 aliphatic carbocycles. The normalized spacial score (nSPS) is 26.9. The van der Waals surface area contributed by atoms with E-state index in [-0.39, 0.29) is 6.61 Å². The fraction of sp³-hybridized carbons (Fsp3) is 0.950. The summed E-state index contributed by atoms with van der Waals surface area (Å²) < 4.78 is 5.36. The van der Waals surface area contributed by atoms with Gasteiger partial charge in [-0.1, -0.05) is 63.4 Å². The van der Waals surface area contributed by atoms with Crippen LogP contribution in [-0.2, 0) is 9.57 Å². The van der Waals surface area contributed by atoms with E-state index < -0.39 is 24.4 Å². The largest absolute Gasteiger partial charge is 0.396 e. The van der Waals surface area contributed by atoms with Gasteiger partial charge in [-0.2, -0.15) is 0 Å². The van der Waals surface area contributed by atoms with Crippen molar-refractivity contribution < 1.29 is 24.9 Å². The van der Waals surface area contributed by atoms with Crippen LogP contribution in [0.2, 0.25) is 0 Å². The van der Waals surface area contributed by atoms with Crippen molar-refractivity contribution in [2.24, 2.45) is 5.16 Å². The number of ether oxygens (including phenoxy) is 1. The maximum atomic E-state index is 9.90. The molecule has 1 aliphatic heterocycles. The molecular weight excluding hydrogens is 334 g/mol. The topological polar surface area (TPSA) is 91.5 Å². The van der Waals surface area contributed by atoms with Crippen molar-refractivity contribution in [3.63, 3.8) is 0 Å². The molecule has 0 radical (unpaired) electrons. The highest BCUT2D eigenvalue weighted by atomic mass is 16.6. The molecule has 6 heteroatoms. The first-order chi connectivity index (χ1) is 12.6. The molecule has 0 amide bonds. The minimum absolute atomic E-state index is 0.0234. The number of hydrogen-bond acceptors (Lipinski definition) is 6. The first-order valence-corrected chi connectivity index (χ1v) is 10.4. The van der Waals surface area contributed by atoms with Crippen molar-refractivity contribution in [3.8, 4) is 0 Å². The lowest BCUT2D eigenvalue weighted by Gasteiger charge is -2.35. The van der Waals surface area contributed by atoms with Crippen molar-refractivity contribution in [3.05, 3.63) is 0 Å². The highest BCUT2D eigenvalue weighted by Gasteiger charge is 2.37. The monoisotopic (exact) mass is 373 g/mol. The van der Waals surface area contributed by atoms with Crippen LogP contribution >= 0.6 is 0 Å². The SMILES string of the molecule is CCCCCCCCCCCCO/N=C(/C)C[C@@H]1OC[C@@H](O)[C@H](O)[C@H]1O. The quantitative estimate of drug-likeness (QED) is 0.247. The molecule has 3 N–H and O–H groups in total. The van der Waals surface area contributed by atoms with E-state index in [0.717, 1.165) is 12.8 Å². The van der Waals surface area contributed by atoms with Gasteiger partial charge >= 0.3 is 0 Å². The minimum Gasteiger partial charge on any atom is -0.396 e. The molecule has 4 atom stereocenters. The molecule has 0 saturated carbocycles. The van der Waals surface area contributed by atoms with Crippen molar-refractivity contribution in [1.82, 2.24) is 0 Å². The van der Waals surface area contributed by atoms with Crippen LogP contribution < -0.4 is 0 Å². The van der Waals surface area contributed by atoms with Gasteiger partial charge in [0.05, 0.1) is 18.4 Å². The Morgan fingerprint density at radius 2 is 1.50 bits per heavy atom. The maximum Gasteiger partial charge on any atom is 0.117 e. The lowest BCUT2D eigenvalue weighted by Crippen LogP contribution is -2.53. The summed E-state index contributed by atoms with van der Waals surface area (Å²) in [5.74, 6) is 0. The zero-order chi connectivity index (χ0) is 19.2. The zero-order valence-corrected chi connectivity index (χ0v) is 16.6. The lowest BCUT2D eigenvalue weighted by molar-refractivity contribution is -0.184. The third-order valence-electron chi connectivity index (χ3n) is 4.91. The van der Waals surface area contributed by atoms with Gasteiger partial charge in [0.2, 0.25) is 0 Å². The summed E-state index contributed by atoms with van der Waals surface area (Å²) in [7, 11) is 0. The van der Waals surface area contributed by atoms with Gasteiger partial charge in [-0.25, -0.2) is 0 Å². The third-order valence-corrected chi connectivity index (χ3v) is 4.91. The zero-order valence-electron chi connectivity index (χ0n) is 16.6. The molecule has 1 rings (SSSR count). The van der Waals surface area contributed by atoms with Crippen LogP contribution in [0, 0.1) is 0 Å². The van der Waals surface area contributed by atoms with E-state index in [4.69, 9.17) is 9.57 Å². The van der Waals surface area contributed by atoms with Crippen LogP contribution in [0.1, 0.15) is 84.5 Å². The molecular formula is C20H39NO5. The van der Waals surface area contributed by atoms with Crippen LogP contribution in [0.25, 0.3) is 0 Å². The van der Waals surface area contributed by atoms with Gasteiger partial charge in [-0.05, 0) is 19.8 Å². The number of nitrogens with zero attached hydrogens (tertiary/aromatic N) is 1. The minimum atomic E-state index is -1.17. The predicted molar refractivity (Wildman–Crippen MR) is 103 cm³/mol. The molecule has 1 aliphatic rings. The predicted octanol–water partition coefficient (Wildman–Crippen LogP) is 3.17. The Kier molecular flexibility index (Phi) is 12.9. The molecule has 0 aromatic heterocycles. The van der Waals surface area contributed by atoms with Crippen molar-refractivity contribution in [2.75, 3.05) is 13.2 Å². The van der Waals surface area contributed by atoms with E-state index >= 15 is 0 Å². The molecule has 0 bridgehead atoms. The molecule has 0 spiro atoms. The van der Waals surface area contributed by atoms with Crippen LogP contribution in [0.3, 0.4) is 0 Å². The second-order valence-electron chi connectivity index (χ2n) is 7.47. The Bertz CT molecular complexity index is 377. The summed E-state index contributed by atoms with van der Waals surface area (Å²) in [6.07, 6.45) is 9.36. The molecule has 0 aromatic rings. The van der Waals surface area contributed by atoms with Crippen LogP contribution in [0.4, 0.5) is 0 Å². The Hall–Kier alpha value is -0.690. The van der Waals surface area contributed by atoms with E-state index in [1.165, 1.54) is 51.4 Å². The highest BCUT2D eigenvalue weighted by Crippen LogP contribution is 2.18. The number of hydrogen-bond donors (Lipinski definition) is 3. The highest BCUT2D eigenvalue weighted by molar-refractivity contribution is 5.81. The average Bonchev–Trinajstić information content (AvgIpc) is 2.63. The average molecular weight is 374 g/mol. The summed E-state index contributed by atoms with van der Waals surface area (Å²) in [5, 5.41) is 33.1. The van der Waals surface area contributed by atoms with Crippen molar-refractivity contribution in [2.45, 2.75) is 109 Å². The van der Waals surface area contributed by atoms with Gasteiger partial charge in [-0.3, -0.25) is 0 Å². The van der Waals surface area contributed by atoms with E-state index in [2.05, 4.69) is 12.1 Å². The Morgan fingerprint density at radius 3 is 2.12 bits per heavy atom. The van der Waals surface area contributed by atoms with Crippen LogP contribution in [0.5, 0.6) is 0 Å². The molecule has 1 saturated heterocycles. The molecule has 0 aromatic carbocycles. The number of oxime groups is 1. The van der Waals surface area contributed by atoms with Crippen LogP contribution in [-0.4, -0.2) is 58.7 Å². The van der Waals surface area contributed by atoms with E-state index in [9.17, 15) is 15.3 Å². The van der Waals surface area contributed by atoms with Gasteiger partial charge in [-0.15, -0.1) is 0 Å².